The van der Waals surface area contributed by atoms with Gasteiger partial charge in [-0.2, -0.15) is 0 Å². The molecule has 1 saturated carbocycles. The van der Waals surface area contributed by atoms with Crippen molar-refractivity contribution in [2.45, 2.75) is 59.5 Å². The topological polar surface area (TPSA) is 9.23 Å². The van der Waals surface area contributed by atoms with Crippen LogP contribution in [0.5, 0.6) is 5.75 Å². The highest BCUT2D eigenvalue weighted by molar-refractivity contribution is 5.36. The number of halogens is 2. The second-order valence-corrected chi connectivity index (χ2v) is 7.13. The Morgan fingerprint density at radius 2 is 1.90 bits per heavy atom. The van der Waals surface area contributed by atoms with Gasteiger partial charge in [0, 0.05) is 11.6 Å². The Morgan fingerprint density at radius 3 is 2.40 bits per heavy atom. The summed E-state index contributed by atoms with van der Waals surface area (Å²) < 4.78 is 33.4. The summed E-state index contributed by atoms with van der Waals surface area (Å²) in [5.74, 6) is -0.386. The first-order valence-corrected chi connectivity index (χ1v) is 7.41. The van der Waals surface area contributed by atoms with Crippen molar-refractivity contribution in [3.63, 3.8) is 0 Å². The Hall–Kier alpha value is -1.12. The van der Waals surface area contributed by atoms with E-state index in [1.54, 1.807) is 0 Å². The first-order chi connectivity index (χ1) is 9.26. The predicted octanol–water partition coefficient (Wildman–Crippen LogP) is 5.12. The Balaban J connectivity index is 2.24. The third-order valence-electron chi connectivity index (χ3n) is 3.92. The zero-order valence-electron chi connectivity index (χ0n) is 12.8. The summed E-state index contributed by atoms with van der Waals surface area (Å²) in [7, 11) is 0. The normalized spacial score (nSPS) is 17.7. The molecule has 1 unspecified atom stereocenters. The van der Waals surface area contributed by atoms with Crippen molar-refractivity contribution in [1.29, 1.82) is 0 Å². The summed E-state index contributed by atoms with van der Waals surface area (Å²) in [5.41, 5.74) is 0.582. The van der Waals surface area contributed by atoms with Crippen molar-refractivity contribution < 1.29 is 13.5 Å². The van der Waals surface area contributed by atoms with E-state index in [9.17, 15) is 8.78 Å². The van der Waals surface area contributed by atoms with Crippen LogP contribution in [0.3, 0.4) is 0 Å². The molecular formula is C17H24F2O. The second-order valence-electron chi connectivity index (χ2n) is 7.13. The number of hydrogen-bond acceptors (Lipinski definition) is 1. The fraction of sp³-hybridized carbons (Fsp3) is 0.647. The fourth-order valence-corrected chi connectivity index (χ4v) is 2.64. The monoisotopic (exact) mass is 282 g/mol. The molecule has 1 nitrogen and oxygen atoms in total. The van der Waals surface area contributed by atoms with Gasteiger partial charge in [-0.3, -0.25) is 0 Å². The maximum atomic E-state index is 14.1. The maximum Gasteiger partial charge on any atom is 0.168 e. The van der Waals surface area contributed by atoms with E-state index in [1.807, 2.05) is 6.92 Å². The van der Waals surface area contributed by atoms with Crippen LogP contribution in [0.4, 0.5) is 8.78 Å². The third-order valence-corrected chi connectivity index (χ3v) is 3.92. The molecule has 1 fully saturated rings. The summed E-state index contributed by atoms with van der Waals surface area (Å²) in [5, 5.41) is 0. The zero-order valence-corrected chi connectivity index (χ0v) is 12.8. The fourth-order valence-electron chi connectivity index (χ4n) is 2.64. The molecular weight excluding hydrogens is 258 g/mol. The lowest BCUT2D eigenvalue weighted by Crippen LogP contribution is -2.30. The molecule has 20 heavy (non-hydrogen) atoms. The molecule has 0 aromatic heterocycles. The lowest BCUT2D eigenvalue weighted by molar-refractivity contribution is 0.0932. The van der Waals surface area contributed by atoms with Crippen molar-refractivity contribution >= 4 is 0 Å². The van der Waals surface area contributed by atoms with Crippen LogP contribution >= 0.6 is 0 Å². The van der Waals surface area contributed by atoms with E-state index < -0.39 is 11.6 Å². The summed E-state index contributed by atoms with van der Waals surface area (Å²) in [4.78, 5) is 0. The molecule has 0 N–H and O–H groups in total. The molecule has 0 spiro atoms. The van der Waals surface area contributed by atoms with Crippen LogP contribution in [-0.2, 0) is 6.42 Å². The molecule has 1 aliphatic rings. The van der Waals surface area contributed by atoms with E-state index in [-0.39, 0.29) is 17.3 Å². The lowest BCUT2D eigenvalue weighted by atomic mass is 9.81. The first kappa shape index (κ1) is 15.3. The number of ether oxygens (including phenoxy) is 1. The molecule has 3 heteroatoms. The Morgan fingerprint density at radius 1 is 1.25 bits per heavy atom. The van der Waals surface area contributed by atoms with E-state index in [0.29, 0.717) is 17.9 Å². The van der Waals surface area contributed by atoms with Crippen LogP contribution in [0.1, 0.15) is 52.5 Å². The van der Waals surface area contributed by atoms with Crippen LogP contribution in [0.25, 0.3) is 0 Å². The third kappa shape index (κ3) is 3.71. The first-order valence-electron chi connectivity index (χ1n) is 7.41. The van der Waals surface area contributed by atoms with E-state index >= 15 is 0 Å². The zero-order chi connectivity index (χ0) is 14.9. The molecule has 1 aromatic rings. The summed E-state index contributed by atoms with van der Waals surface area (Å²) in [6.45, 7) is 8.13. The average molecular weight is 282 g/mol. The molecule has 0 saturated heterocycles. The van der Waals surface area contributed by atoms with E-state index in [2.05, 4.69) is 20.8 Å². The number of benzene rings is 1. The molecule has 0 bridgehead atoms. The summed E-state index contributed by atoms with van der Waals surface area (Å²) in [6.07, 6.45) is 4.08. The van der Waals surface area contributed by atoms with Gasteiger partial charge < -0.3 is 4.74 Å². The van der Waals surface area contributed by atoms with Crippen LogP contribution < -0.4 is 4.74 Å². The molecule has 1 aromatic carbocycles. The Labute approximate surface area is 120 Å². The standard InChI is InChI=1S/C17H24F2O/c1-11(12-6-5-7-12)20-16-13(10-17(2,3)4)8-14(18)9-15(16)19/h8-9,11-12H,5-7,10H2,1-4H3. The van der Waals surface area contributed by atoms with Gasteiger partial charge >= 0.3 is 0 Å². The molecule has 1 atom stereocenters. The largest absolute Gasteiger partial charge is 0.487 e. The van der Waals surface area contributed by atoms with Crippen molar-refractivity contribution in [3.8, 4) is 5.75 Å². The summed E-state index contributed by atoms with van der Waals surface area (Å²) in [6, 6.07) is 2.31. The molecule has 0 heterocycles. The number of hydrogen-bond donors (Lipinski definition) is 0. The van der Waals surface area contributed by atoms with E-state index in [0.717, 1.165) is 18.9 Å². The van der Waals surface area contributed by atoms with Gasteiger partial charge in [-0.05, 0) is 43.6 Å². The van der Waals surface area contributed by atoms with Crippen LogP contribution in [-0.4, -0.2) is 6.10 Å². The van der Waals surface area contributed by atoms with Gasteiger partial charge in [0.2, 0.25) is 0 Å². The quantitative estimate of drug-likeness (QED) is 0.744. The van der Waals surface area contributed by atoms with Gasteiger partial charge in [0.1, 0.15) is 5.82 Å². The minimum Gasteiger partial charge on any atom is -0.487 e. The van der Waals surface area contributed by atoms with Crippen molar-refractivity contribution in [2.24, 2.45) is 11.3 Å². The van der Waals surface area contributed by atoms with Gasteiger partial charge in [0.15, 0.2) is 11.6 Å². The summed E-state index contributed by atoms with van der Waals surface area (Å²) >= 11 is 0. The molecule has 0 radical (unpaired) electrons. The minimum absolute atomic E-state index is 0.0116. The molecule has 0 amide bonds. The molecule has 1 aliphatic carbocycles. The Bertz CT molecular complexity index is 473. The van der Waals surface area contributed by atoms with Gasteiger partial charge in [0.25, 0.3) is 0 Å². The van der Waals surface area contributed by atoms with Gasteiger partial charge in [-0.1, -0.05) is 27.2 Å². The highest BCUT2D eigenvalue weighted by atomic mass is 19.1. The molecule has 0 aliphatic heterocycles. The number of rotatable bonds is 4. The van der Waals surface area contributed by atoms with E-state index in [4.69, 9.17) is 4.74 Å². The Kier molecular flexibility index (Phi) is 4.36. The van der Waals surface area contributed by atoms with Crippen molar-refractivity contribution in [3.05, 3.63) is 29.3 Å². The molecule has 2 rings (SSSR count). The minimum atomic E-state index is -0.588. The van der Waals surface area contributed by atoms with Gasteiger partial charge in [0.05, 0.1) is 6.10 Å². The molecule has 112 valence electrons. The second kappa shape index (κ2) is 5.71. The van der Waals surface area contributed by atoms with Gasteiger partial charge in [-0.25, -0.2) is 8.78 Å². The highest BCUT2D eigenvalue weighted by Crippen LogP contribution is 2.35. The maximum absolute atomic E-state index is 14.1. The SMILES string of the molecule is CC(Oc1c(F)cc(F)cc1CC(C)(C)C)C1CCC1. The van der Waals surface area contributed by atoms with Gasteiger partial charge in [-0.15, -0.1) is 0 Å². The van der Waals surface area contributed by atoms with E-state index in [1.165, 1.54) is 12.5 Å². The van der Waals surface area contributed by atoms with Crippen molar-refractivity contribution in [2.75, 3.05) is 0 Å². The van der Waals surface area contributed by atoms with Crippen LogP contribution in [0, 0.1) is 23.0 Å². The van der Waals surface area contributed by atoms with Crippen molar-refractivity contribution in [1.82, 2.24) is 0 Å². The predicted molar refractivity (Wildman–Crippen MR) is 76.9 cm³/mol. The van der Waals surface area contributed by atoms with Crippen LogP contribution in [0.2, 0.25) is 0 Å². The lowest BCUT2D eigenvalue weighted by Gasteiger charge is -2.32. The highest BCUT2D eigenvalue weighted by Gasteiger charge is 2.27. The smallest absolute Gasteiger partial charge is 0.168 e. The average Bonchev–Trinajstić information content (AvgIpc) is 2.18. The van der Waals surface area contributed by atoms with Crippen LogP contribution in [0.15, 0.2) is 12.1 Å².